The lowest BCUT2D eigenvalue weighted by Crippen LogP contribution is -2.33. The number of fused-ring (bicyclic) bond motifs is 1. The first kappa shape index (κ1) is 28.8. The number of hydrogen-bond acceptors (Lipinski definition) is 8. The Kier molecular flexibility index (Phi) is 9.49. The second kappa shape index (κ2) is 13.2. The molecule has 0 atom stereocenters. The monoisotopic (exact) mass is 567 g/mol. The van der Waals surface area contributed by atoms with E-state index in [2.05, 4.69) is 15.8 Å². The topological polar surface area (TPSA) is 115 Å². The average molecular weight is 568 g/mol. The number of hydrogen-bond donors (Lipinski definition) is 2. The molecule has 210 valence electrons. The lowest BCUT2D eigenvalue weighted by molar-refractivity contribution is -0.136. The predicted molar refractivity (Wildman–Crippen MR) is 150 cm³/mol. The fraction of sp³-hybridized carbons (Fsp3) is 0.310. The Morgan fingerprint density at radius 3 is 2.58 bits per heavy atom. The Morgan fingerprint density at radius 1 is 1.05 bits per heavy atom. The highest BCUT2D eigenvalue weighted by Crippen LogP contribution is 2.38. The molecule has 9 nitrogen and oxygen atoms in total. The number of amides is 2. The Balaban J connectivity index is 1.42. The highest BCUT2D eigenvalue weighted by atomic mass is 32.1. The summed E-state index contributed by atoms with van der Waals surface area (Å²) in [5.41, 5.74) is 4.87. The summed E-state index contributed by atoms with van der Waals surface area (Å²) >= 11 is 1.30. The number of rotatable bonds is 9. The molecule has 1 aromatic heterocycles. The number of anilines is 1. The Morgan fingerprint density at radius 2 is 1.82 bits per heavy atom. The SMILES string of the molecule is CCOC(=O)c1c(NC(=O)C(=O)N/N=C(\C)c2ccc(OCc3ccccc3F)c(OC)c2)sc2c1CCCC2. The first-order chi connectivity index (χ1) is 19.3. The van der Waals surface area contributed by atoms with Crippen LogP contribution < -0.4 is 20.2 Å². The van der Waals surface area contributed by atoms with Crippen molar-refractivity contribution in [3.63, 3.8) is 0 Å². The number of methoxy groups -OCH3 is 1. The Hall–Kier alpha value is -4.25. The zero-order valence-corrected chi connectivity index (χ0v) is 23.3. The highest BCUT2D eigenvalue weighted by Gasteiger charge is 2.28. The number of carbonyl (C=O) groups is 3. The molecule has 0 aliphatic heterocycles. The molecule has 40 heavy (non-hydrogen) atoms. The molecule has 11 heteroatoms. The van der Waals surface area contributed by atoms with Gasteiger partial charge in [0.2, 0.25) is 0 Å². The number of aryl methyl sites for hydroxylation is 1. The molecule has 0 spiro atoms. The molecule has 1 aliphatic rings. The molecule has 0 fully saturated rings. The van der Waals surface area contributed by atoms with Gasteiger partial charge in [0.1, 0.15) is 17.4 Å². The molecule has 0 bridgehead atoms. The van der Waals surface area contributed by atoms with Gasteiger partial charge < -0.3 is 19.5 Å². The maximum Gasteiger partial charge on any atom is 0.341 e. The summed E-state index contributed by atoms with van der Waals surface area (Å²) in [5, 5.41) is 6.91. The average Bonchev–Trinajstić information content (AvgIpc) is 3.33. The van der Waals surface area contributed by atoms with Gasteiger partial charge in [-0.1, -0.05) is 18.2 Å². The fourth-order valence-corrected chi connectivity index (χ4v) is 5.54. The summed E-state index contributed by atoms with van der Waals surface area (Å²) in [4.78, 5) is 38.8. The Labute approximate surface area is 235 Å². The van der Waals surface area contributed by atoms with Gasteiger partial charge in [-0.3, -0.25) is 9.59 Å². The lowest BCUT2D eigenvalue weighted by Gasteiger charge is -2.13. The van der Waals surface area contributed by atoms with Gasteiger partial charge in [-0.15, -0.1) is 11.3 Å². The molecular formula is C29H30FN3O6S. The van der Waals surface area contributed by atoms with E-state index >= 15 is 0 Å². The summed E-state index contributed by atoms with van der Waals surface area (Å²) in [6, 6.07) is 11.3. The molecule has 2 N–H and O–H groups in total. The standard InChI is InChI=1S/C29H30FN3O6S/c1-4-38-29(36)25-20-10-6-8-12-24(20)40-28(25)31-26(34)27(35)33-32-17(2)18-13-14-22(23(15-18)37-3)39-16-19-9-5-7-11-21(19)30/h5,7,9,11,13-15H,4,6,8,10,12,16H2,1-3H3,(H,31,34)(H,33,35)/b32-17+. The van der Waals surface area contributed by atoms with Gasteiger partial charge >= 0.3 is 17.8 Å². The van der Waals surface area contributed by atoms with Crippen molar-refractivity contribution in [1.29, 1.82) is 0 Å². The minimum Gasteiger partial charge on any atom is -0.493 e. The number of benzene rings is 2. The van der Waals surface area contributed by atoms with Crippen LogP contribution in [0.4, 0.5) is 9.39 Å². The van der Waals surface area contributed by atoms with Crippen molar-refractivity contribution < 1.29 is 33.0 Å². The minimum absolute atomic E-state index is 0.0196. The smallest absolute Gasteiger partial charge is 0.341 e. The largest absolute Gasteiger partial charge is 0.493 e. The normalized spacial score (nSPS) is 12.8. The molecule has 2 amide bonds. The van der Waals surface area contributed by atoms with Gasteiger partial charge in [0, 0.05) is 16.0 Å². The van der Waals surface area contributed by atoms with Crippen LogP contribution in [-0.2, 0) is 33.8 Å². The number of nitrogens with one attached hydrogen (secondary N) is 2. The van der Waals surface area contributed by atoms with Crippen LogP contribution in [0.15, 0.2) is 47.6 Å². The molecule has 1 aliphatic carbocycles. The van der Waals surface area contributed by atoms with Crippen molar-refractivity contribution in [1.82, 2.24) is 5.43 Å². The highest BCUT2D eigenvalue weighted by molar-refractivity contribution is 7.17. The zero-order chi connectivity index (χ0) is 28.6. The number of esters is 1. The maximum absolute atomic E-state index is 13.9. The fourth-order valence-electron chi connectivity index (χ4n) is 4.27. The number of hydrazone groups is 1. The van der Waals surface area contributed by atoms with Crippen molar-refractivity contribution in [3.8, 4) is 11.5 Å². The van der Waals surface area contributed by atoms with Crippen LogP contribution in [0.25, 0.3) is 0 Å². The van der Waals surface area contributed by atoms with E-state index in [1.807, 2.05) is 0 Å². The summed E-state index contributed by atoms with van der Waals surface area (Å²) in [6.07, 6.45) is 3.49. The second-order valence-corrected chi connectivity index (χ2v) is 10.1. The lowest BCUT2D eigenvalue weighted by atomic mass is 9.95. The van der Waals surface area contributed by atoms with Gasteiger partial charge in [-0.05, 0) is 69.4 Å². The first-order valence-electron chi connectivity index (χ1n) is 12.8. The predicted octanol–water partition coefficient (Wildman–Crippen LogP) is 5.01. The van der Waals surface area contributed by atoms with Crippen LogP contribution in [0.1, 0.15) is 58.6 Å². The summed E-state index contributed by atoms with van der Waals surface area (Å²) in [5.74, 6) is -2.02. The Bertz CT molecular complexity index is 1450. The molecule has 0 saturated carbocycles. The van der Waals surface area contributed by atoms with Gasteiger partial charge in [0.25, 0.3) is 0 Å². The molecule has 0 unspecified atom stereocenters. The molecule has 0 radical (unpaired) electrons. The summed E-state index contributed by atoms with van der Waals surface area (Å²) in [7, 11) is 1.47. The van der Waals surface area contributed by atoms with Gasteiger partial charge in [0.15, 0.2) is 11.5 Å². The number of ether oxygens (including phenoxy) is 3. The number of nitrogens with zero attached hydrogens (tertiary/aromatic N) is 1. The van der Waals surface area contributed by atoms with E-state index in [1.165, 1.54) is 24.5 Å². The van der Waals surface area contributed by atoms with Crippen LogP contribution in [0.3, 0.4) is 0 Å². The van der Waals surface area contributed by atoms with Crippen molar-refractivity contribution in [2.24, 2.45) is 5.10 Å². The van der Waals surface area contributed by atoms with Crippen molar-refractivity contribution in [3.05, 3.63) is 75.4 Å². The molecular weight excluding hydrogens is 537 g/mol. The molecule has 2 aromatic carbocycles. The van der Waals surface area contributed by atoms with Crippen molar-refractivity contribution >= 4 is 39.8 Å². The third-order valence-corrected chi connectivity index (χ3v) is 7.54. The van der Waals surface area contributed by atoms with E-state index in [9.17, 15) is 18.8 Å². The molecule has 4 rings (SSSR count). The van der Waals surface area contributed by atoms with E-state index in [1.54, 1.807) is 50.2 Å². The van der Waals surface area contributed by atoms with Crippen LogP contribution in [0.5, 0.6) is 11.5 Å². The summed E-state index contributed by atoms with van der Waals surface area (Å²) in [6.45, 7) is 3.59. The van der Waals surface area contributed by atoms with E-state index in [0.717, 1.165) is 36.1 Å². The van der Waals surface area contributed by atoms with E-state index < -0.39 is 17.8 Å². The molecule has 3 aromatic rings. The third kappa shape index (κ3) is 6.66. The quantitative estimate of drug-likeness (QED) is 0.163. The van der Waals surface area contributed by atoms with Crippen LogP contribution in [0.2, 0.25) is 0 Å². The van der Waals surface area contributed by atoms with Crippen LogP contribution in [-0.4, -0.2) is 37.2 Å². The number of halogens is 1. The summed E-state index contributed by atoms with van der Waals surface area (Å²) < 4.78 is 30.2. The van der Waals surface area contributed by atoms with E-state index in [-0.39, 0.29) is 19.0 Å². The third-order valence-electron chi connectivity index (χ3n) is 6.33. The van der Waals surface area contributed by atoms with Gasteiger partial charge in [0.05, 0.1) is 25.0 Å². The van der Waals surface area contributed by atoms with Crippen molar-refractivity contribution in [2.45, 2.75) is 46.1 Å². The van der Waals surface area contributed by atoms with E-state index in [4.69, 9.17) is 14.2 Å². The second-order valence-electron chi connectivity index (χ2n) is 8.97. The number of carbonyl (C=O) groups excluding carboxylic acids is 3. The maximum atomic E-state index is 13.9. The molecule has 0 saturated heterocycles. The van der Waals surface area contributed by atoms with Crippen LogP contribution >= 0.6 is 11.3 Å². The number of thiophene rings is 1. The molecule has 1 heterocycles. The minimum atomic E-state index is -0.989. The van der Waals surface area contributed by atoms with Crippen LogP contribution in [0, 0.1) is 5.82 Å². The van der Waals surface area contributed by atoms with E-state index in [0.29, 0.717) is 38.9 Å². The van der Waals surface area contributed by atoms with Gasteiger partial charge in [-0.25, -0.2) is 14.6 Å². The van der Waals surface area contributed by atoms with Gasteiger partial charge in [-0.2, -0.15) is 5.10 Å². The first-order valence-corrected chi connectivity index (χ1v) is 13.7. The van der Waals surface area contributed by atoms with Crippen molar-refractivity contribution in [2.75, 3.05) is 19.0 Å². The zero-order valence-electron chi connectivity index (χ0n) is 22.5.